The lowest BCUT2D eigenvalue weighted by Gasteiger charge is -2.32. The molecule has 0 bridgehead atoms. The lowest BCUT2D eigenvalue weighted by atomic mass is 9.90. The third-order valence-electron chi connectivity index (χ3n) is 11.6. The van der Waals surface area contributed by atoms with Gasteiger partial charge in [0.05, 0.1) is 30.0 Å². The monoisotopic (exact) mass is 759 g/mol. The summed E-state index contributed by atoms with van der Waals surface area (Å²) < 4.78 is 12.5. The fourth-order valence-corrected chi connectivity index (χ4v) is 9.32. The molecule has 284 valence electrons. The molecule has 55 heavy (non-hydrogen) atoms. The Labute approximate surface area is 324 Å². The molecule has 5 aromatic rings. The van der Waals surface area contributed by atoms with Gasteiger partial charge < -0.3 is 19.5 Å². The number of amides is 1. The van der Waals surface area contributed by atoms with Crippen molar-refractivity contribution in [2.24, 2.45) is 11.3 Å². The highest BCUT2D eigenvalue weighted by molar-refractivity contribution is 7.22. The van der Waals surface area contributed by atoms with E-state index >= 15 is 0 Å². The van der Waals surface area contributed by atoms with Crippen LogP contribution < -0.4 is 15.0 Å². The molecule has 3 aromatic carbocycles. The molecule has 1 saturated carbocycles. The van der Waals surface area contributed by atoms with Crippen LogP contribution in [-0.4, -0.2) is 77.2 Å². The van der Waals surface area contributed by atoms with E-state index in [0.717, 1.165) is 70.6 Å². The number of thiazole rings is 1. The van der Waals surface area contributed by atoms with E-state index in [4.69, 9.17) is 14.5 Å². The predicted molar refractivity (Wildman–Crippen MR) is 213 cm³/mol. The number of carboxylic acid groups (broad SMARTS) is 1. The van der Waals surface area contributed by atoms with E-state index in [9.17, 15) is 19.5 Å². The molecule has 11 nitrogen and oxygen atoms in total. The Balaban J connectivity index is 0.928. The smallest absolute Gasteiger partial charge is 0.355 e. The summed E-state index contributed by atoms with van der Waals surface area (Å²) in [6.07, 6.45) is 5.04. The van der Waals surface area contributed by atoms with Crippen molar-refractivity contribution in [3.63, 3.8) is 0 Å². The van der Waals surface area contributed by atoms with E-state index in [1.54, 1.807) is 0 Å². The minimum absolute atomic E-state index is 0.0281. The Bertz CT molecular complexity index is 2230. The number of pyridine rings is 1. The van der Waals surface area contributed by atoms with Crippen LogP contribution in [0.3, 0.4) is 0 Å². The summed E-state index contributed by atoms with van der Waals surface area (Å²) in [5, 5.41) is 13.9. The normalized spacial score (nSPS) is 17.5. The number of para-hydroxylation sites is 1. The van der Waals surface area contributed by atoms with Gasteiger partial charge >= 0.3 is 11.9 Å². The second-order valence-corrected chi connectivity index (χ2v) is 15.9. The fourth-order valence-electron chi connectivity index (χ4n) is 8.46. The number of esters is 1. The van der Waals surface area contributed by atoms with Gasteiger partial charge in [0.2, 0.25) is 0 Å². The number of aromatic carboxylic acids is 1. The summed E-state index contributed by atoms with van der Waals surface area (Å²) in [4.78, 5) is 51.7. The van der Waals surface area contributed by atoms with Gasteiger partial charge in [0.1, 0.15) is 11.6 Å². The number of likely N-dealkylation sites (tertiary alicyclic amines) is 1. The van der Waals surface area contributed by atoms with Gasteiger partial charge in [-0.1, -0.05) is 47.7 Å². The highest BCUT2D eigenvalue weighted by Gasteiger charge is 2.54. The fraction of sp³-hybridized carbons (Fsp3) is 0.372. The third-order valence-corrected chi connectivity index (χ3v) is 12.6. The maximum absolute atomic E-state index is 13.6. The van der Waals surface area contributed by atoms with Crippen LogP contribution in [-0.2, 0) is 22.5 Å². The Morgan fingerprint density at radius 3 is 2.58 bits per heavy atom. The number of anilines is 2. The number of carbonyl (C=O) groups excluding carboxylic acids is 2. The number of piperidine rings is 1. The molecule has 4 heterocycles. The van der Waals surface area contributed by atoms with Gasteiger partial charge in [-0.25, -0.2) is 14.8 Å². The SMILES string of the molecule is CCOC(=O)CN1CCC2(CC1)C[C@H]2CCOc1cccc(-c2ccc(N3CCc4cccc(C(=O)Nc5nc6ccccc6s5)c4C3)nc2C(=O)O)c1C. The molecule has 1 amide bonds. The molecule has 0 radical (unpaired) electrons. The molecule has 2 fully saturated rings. The van der Waals surface area contributed by atoms with Gasteiger partial charge in [-0.15, -0.1) is 0 Å². The van der Waals surface area contributed by atoms with Crippen molar-refractivity contribution in [3.8, 4) is 16.9 Å². The van der Waals surface area contributed by atoms with Crippen LogP contribution in [0, 0.1) is 18.3 Å². The highest BCUT2D eigenvalue weighted by Crippen LogP contribution is 2.60. The number of nitrogens with one attached hydrogen (secondary N) is 1. The Kier molecular flexibility index (Phi) is 10.3. The van der Waals surface area contributed by atoms with Crippen LogP contribution in [0.1, 0.15) is 70.1 Å². The van der Waals surface area contributed by atoms with Gasteiger partial charge in [-0.3, -0.25) is 19.8 Å². The summed E-state index contributed by atoms with van der Waals surface area (Å²) in [5.74, 6) is 0.412. The van der Waals surface area contributed by atoms with Gasteiger partial charge in [0.15, 0.2) is 10.8 Å². The first-order valence-electron chi connectivity index (χ1n) is 19.1. The summed E-state index contributed by atoms with van der Waals surface area (Å²) in [6, 6.07) is 23.0. The number of fused-ring (bicyclic) bond motifs is 2. The van der Waals surface area contributed by atoms with E-state index in [1.165, 1.54) is 17.8 Å². The van der Waals surface area contributed by atoms with E-state index in [2.05, 4.69) is 15.2 Å². The average molecular weight is 760 g/mol. The van der Waals surface area contributed by atoms with E-state index in [-0.39, 0.29) is 17.6 Å². The molecule has 8 rings (SSSR count). The lowest BCUT2D eigenvalue weighted by molar-refractivity contribution is -0.144. The molecule has 2 N–H and O–H groups in total. The van der Waals surface area contributed by atoms with Gasteiger partial charge in [0, 0.05) is 24.2 Å². The van der Waals surface area contributed by atoms with Gasteiger partial charge in [0.25, 0.3) is 5.91 Å². The zero-order valence-electron chi connectivity index (χ0n) is 31.2. The first-order chi connectivity index (χ1) is 26.7. The van der Waals surface area contributed by atoms with Crippen LogP contribution in [0.5, 0.6) is 5.75 Å². The van der Waals surface area contributed by atoms with E-state index in [1.807, 2.05) is 91.5 Å². The number of benzene rings is 3. The molecule has 1 spiro atoms. The van der Waals surface area contributed by atoms with Crippen LogP contribution in [0.4, 0.5) is 10.9 Å². The van der Waals surface area contributed by atoms with Crippen molar-refractivity contribution >= 4 is 50.3 Å². The number of hydrogen-bond donors (Lipinski definition) is 2. The second kappa shape index (κ2) is 15.4. The van der Waals surface area contributed by atoms with Crippen molar-refractivity contribution in [2.45, 2.75) is 52.5 Å². The maximum Gasteiger partial charge on any atom is 0.355 e. The quantitative estimate of drug-likeness (QED) is 0.122. The summed E-state index contributed by atoms with van der Waals surface area (Å²) in [5.41, 5.74) is 5.89. The molecular formula is C43H45N5O6S. The number of aromatic nitrogens is 2. The standard InChI is InChI=1S/C43H45N5O6S/c1-3-53-38(49)26-47-21-18-43(19-22-47)24-29(43)17-23-54-35-12-7-9-30(27(35)2)31-14-15-37(45-39(31)41(51)52)48-20-16-28-8-6-10-32(33(28)25-48)40(50)46-42-44-34-11-4-5-13-36(34)55-42/h4-15,29H,3,16-26H2,1-2H3,(H,51,52)(H,44,46,50)/t29-/m1/s1. The van der Waals surface area contributed by atoms with Crippen LogP contribution >= 0.6 is 11.3 Å². The second-order valence-electron chi connectivity index (χ2n) is 14.8. The zero-order valence-corrected chi connectivity index (χ0v) is 32.0. The first-order valence-corrected chi connectivity index (χ1v) is 19.9. The largest absolute Gasteiger partial charge is 0.493 e. The van der Waals surface area contributed by atoms with Crippen molar-refractivity contribution in [3.05, 3.63) is 101 Å². The topological polar surface area (TPSA) is 134 Å². The van der Waals surface area contributed by atoms with Crippen LogP contribution in [0.25, 0.3) is 21.3 Å². The van der Waals surface area contributed by atoms with Crippen molar-refractivity contribution in [1.29, 1.82) is 0 Å². The number of nitrogens with zero attached hydrogens (tertiary/aromatic N) is 4. The van der Waals surface area contributed by atoms with Crippen molar-refractivity contribution in [1.82, 2.24) is 14.9 Å². The third kappa shape index (κ3) is 7.66. The predicted octanol–water partition coefficient (Wildman–Crippen LogP) is 7.61. The minimum atomic E-state index is -1.11. The number of rotatable bonds is 12. The Hall–Kier alpha value is -5.33. The Morgan fingerprint density at radius 2 is 1.78 bits per heavy atom. The van der Waals surface area contributed by atoms with Crippen LogP contribution in [0.15, 0.2) is 72.8 Å². The molecule has 2 aliphatic heterocycles. The van der Waals surface area contributed by atoms with Gasteiger partial charge in [-0.2, -0.15) is 0 Å². The molecule has 1 atom stereocenters. The molecule has 1 aliphatic carbocycles. The molecule has 1 saturated heterocycles. The van der Waals surface area contributed by atoms with Crippen molar-refractivity contribution in [2.75, 3.05) is 49.6 Å². The van der Waals surface area contributed by atoms with E-state index in [0.29, 0.717) is 72.7 Å². The maximum atomic E-state index is 13.6. The minimum Gasteiger partial charge on any atom is -0.493 e. The average Bonchev–Trinajstić information content (AvgIpc) is 3.68. The lowest BCUT2D eigenvalue weighted by Crippen LogP contribution is -2.39. The van der Waals surface area contributed by atoms with E-state index < -0.39 is 5.97 Å². The first kappa shape index (κ1) is 36.6. The number of hydrogen-bond acceptors (Lipinski definition) is 10. The number of carboxylic acids is 1. The van der Waals surface area contributed by atoms with Crippen molar-refractivity contribution < 1.29 is 29.0 Å². The van der Waals surface area contributed by atoms with Gasteiger partial charge in [-0.05, 0) is 129 Å². The molecule has 0 unspecified atom stereocenters. The number of carbonyl (C=O) groups is 3. The molecule has 3 aliphatic rings. The summed E-state index contributed by atoms with van der Waals surface area (Å²) in [6.45, 7) is 8.07. The summed E-state index contributed by atoms with van der Waals surface area (Å²) in [7, 11) is 0. The van der Waals surface area contributed by atoms with Crippen LogP contribution in [0.2, 0.25) is 0 Å². The highest BCUT2D eigenvalue weighted by atomic mass is 32.1. The number of ether oxygens (including phenoxy) is 2. The zero-order chi connectivity index (χ0) is 38.1. The molecule has 2 aromatic heterocycles. The molecular weight excluding hydrogens is 715 g/mol. The molecule has 12 heteroatoms. The Morgan fingerprint density at radius 1 is 0.964 bits per heavy atom. The summed E-state index contributed by atoms with van der Waals surface area (Å²) >= 11 is 1.44.